The van der Waals surface area contributed by atoms with Crippen LogP contribution in [0.4, 0.5) is 0 Å². The largest absolute Gasteiger partial charge is 0.504 e. The van der Waals surface area contributed by atoms with Crippen LogP contribution in [0, 0.1) is 41.4 Å². The van der Waals surface area contributed by atoms with Crippen molar-refractivity contribution in [3.05, 3.63) is 46.0 Å². The van der Waals surface area contributed by atoms with Gasteiger partial charge in [-0.3, -0.25) is 10.1 Å². The number of nitrogens with zero attached hydrogens (tertiary/aromatic N) is 1. The number of ether oxygens (including phenoxy) is 3. The summed E-state index contributed by atoms with van der Waals surface area (Å²) in [5.74, 6) is 18.4. The van der Waals surface area contributed by atoms with Gasteiger partial charge < -0.3 is 35.5 Å². The van der Waals surface area contributed by atoms with Crippen molar-refractivity contribution in [1.82, 2.24) is 10.6 Å². The summed E-state index contributed by atoms with van der Waals surface area (Å²) in [6, 6.07) is 5.44. The van der Waals surface area contributed by atoms with E-state index in [2.05, 4.69) is 54.2 Å². The molecular formula is C44H56N4O6S2. The third kappa shape index (κ3) is 9.37. The molecule has 300 valence electrons. The van der Waals surface area contributed by atoms with Gasteiger partial charge in [0.15, 0.2) is 29.0 Å². The van der Waals surface area contributed by atoms with Crippen LogP contribution < -0.4 is 30.6 Å². The number of aromatic hydroxyl groups is 1. The van der Waals surface area contributed by atoms with E-state index in [0.29, 0.717) is 68.6 Å². The van der Waals surface area contributed by atoms with Crippen molar-refractivity contribution in [1.29, 1.82) is 0 Å². The number of Topliss-reactive ketones (excluding diaryl/α,β-unsaturated/α-hetero) is 1. The smallest absolute Gasteiger partial charge is 0.189 e. The second-order valence-electron chi connectivity index (χ2n) is 16.3. The average molecular weight is 801 g/mol. The van der Waals surface area contributed by atoms with Gasteiger partial charge in [0.1, 0.15) is 12.5 Å². The maximum atomic E-state index is 13.1. The van der Waals surface area contributed by atoms with Crippen molar-refractivity contribution in [2.45, 2.75) is 115 Å². The first kappa shape index (κ1) is 40.5. The zero-order valence-corrected chi connectivity index (χ0v) is 34.5. The van der Waals surface area contributed by atoms with Crippen molar-refractivity contribution in [3.63, 3.8) is 0 Å². The van der Waals surface area contributed by atoms with Gasteiger partial charge >= 0.3 is 0 Å². The summed E-state index contributed by atoms with van der Waals surface area (Å²) in [5.41, 5.74) is 10.9. The van der Waals surface area contributed by atoms with Crippen LogP contribution in [0.3, 0.4) is 0 Å². The van der Waals surface area contributed by atoms with Gasteiger partial charge in [-0.05, 0) is 61.6 Å². The van der Waals surface area contributed by atoms with Crippen molar-refractivity contribution in [3.8, 4) is 46.7 Å². The molecule has 2 aromatic carbocycles. The fourth-order valence-corrected chi connectivity index (χ4v) is 11.6. The number of nitrogens with one attached hydrogen (secondary N) is 2. The third-order valence-electron chi connectivity index (χ3n) is 12.1. The van der Waals surface area contributed by atoms with Crippen molar-refractivity contribution < 1.29 is 29.2 Å². The number of aliphatic hydroxyl groups excluding tert-OH is 1. The van der Waals surface area contributed by atoms with Crippen molar-refractivity contribution in [2.24, 2.45) is 28.5 Å². The number of aryl methyl sites for hydroxylation is 2. The number of aliphatic imine (C=N–C) groups is 1. The Labute approximate surface area is 339 Å². The maximum Gasteiger partial charge on any atom is 0.189 e. The van der Waals surface area contributed by atoms with Gasteiger partial charge in [0.05, 0.1) is 37.5 Å². The Hall–Kier alpha value is -3.68. The molecule has 1 spiro atoms. The number of hydrogen-bond donors (Lipinski definition) is 5. The van der Waals surface area contributed by atoms with Gasteiger partial charge in [-0.25, -0.2) is 4.99 Å². The Morgan fingerprint density at radius 1 is 1.04 bits per heavy atom. The molecule has 6 N–H and O–H groups in total. The summed E-state index contributed by atoms with van der Waals surface area (Å²) >= 11 is 0. The molecule has 6 aliphatic rings. The second kappa shape index (κ2) is 18.3. The van der Waals surface area contributed by atoms with E-state index in [4.69, 9.17) is 24.9 Å². The summed E-state index contributed by atoms with van der Waals surface area (Å²) in [6.07, 6.45) is 7.11. The van der Waals surface area contributed by atoms with E-state index in [1.54, 1.807) is 12.1 Å². The topological polar surface area (TPSA) is 148 Å². The fourth-order valence-electron chi connectivity index (χ4n) is 8.74. The Bertz CT molecular complexity index is 1920. The lowest BCUT2D eigenvalue weighted by atomic mass is 9.79. The van der Waals surface area contributed by atoms with Gasteiger partial charge in [-0.2, -0.15) is 0 Å². The van der Waals surface area contributed by atoms with Crippen LogP contribution in [0.25, 0.3) is 0 Å². The van der Waals surface area contributed by atoms with Crippen LogP contribution in [-0.4, -0.2) is 77.6 Å². The predicted molar refractivity (Wildman–Crippen MR) is 224 cm³/mol. The third-order valence-corrected chi connectivity index (χ3v) is 14.6. The maximum absolute atomic E-state index is 13.1. The second-order valence-corrected chi connectivity index (χ2v) is 18.9. The number of rotatable bonds is 2. The minimum absolute atomic E-state index is 0.00680. The zero-order valence-electron chi connectivity index (χ0n) is 32.9. The number of hydrogen-bond acceptors (Lipinski definition) is 12. The van der Waals surface area contributed by atoms with E-state index >= 15 is 0 Å². The molecule has 2 aliphatic carbocycles. The van der Waals surface area contributed by atoms with Crippen LogP contribution >= 0.6 is 21.6 Å². The first-order chi connectivity index (χ1) is 27.1. The van der Waals surface area contributed by atoms with E-state index < -0.39 is 6.10 Å². The Morgan fingerprint density at radius 2 is 1.86 bits per heavy atom. The van der Waals surface area contributed by atoms with Crippen LogP contribution in [0.1, 0.15) is 93.0 Å². The van der Waals surface area contributed by atoms with E-state index in [1.165, 1.54) is 7.11 Å². The number of nitrogens with two attached hydrogens (primary N) is 1. The number of carbonyl (C=O) groups is 1. The van der Waals surface area contributed by atoms with E-state index in [-0.39, 0.29) is 59.6 Å². The molecule has 12 heteroatoms. The van der Waals surface area contributed by atoms with E-state index in [0.717, 1.165) is 71.6 Å². The SMILES string of the molecule is COc1c(O)ccc2c1C#CCc1cc(c3c4c1OCNC1(CC#CC5NC(N)=NC(C(C)C)CSSCC5C(CO4)C3)CCCC1)CCC(O)CC(=O)CC2. The Morgan fingerprint density at radius 3 is 2.66 bits per heavy atom. The molecule has 0 amide bonds. The molecule has 1 fully saturated rings. The molecule has 0 radical (unpaired) electrons. The Kier molecular flexibility index (Phi) is 13.2. The lowest BCUT2D eigenvalue weighted by molar-refractivity contribution is -0.121. The summed E-state index contributed by atoms with van der Waals surface area (Å²) in [4.78, 5) is 18.1. The summed E-state index contributed by atoms with van der Waals surface area (Å²) in [5, 5.41) is 29.2. The molecule has 1 saturated carbocycles. The quantitative estimate of drug-likeness (QED) is 0.188. The highest BCUT2D eigenvalue weighted by atomic mass is 33.1. The Balaban J connectivity index is 1.32. The lowest BCUT2D eigenvalue weighted by Gasteiger charge is -2.37. The molecule has 4 aliphatic heterocycles. The van der Waals surface area contributed by atoms with E-state index in [1.807, 2.05) is 21.6 Å². The van der Waals surface area contributed by atoms with Gasteiger partial charge in [0.25, 0.3) is 0 Å². The molecule has 6 bridgehead atoms. The molecule has 56 heavy (non-hydrogen) atoms. The standard InChI is InChI=1S/C44H56N4O6S2/c1-27(2)38-25-56-55-24-36-31-21-35-29-12-15-33(50)22-32(49)14-11-28-13-16-39(51)41(52-3)34(28)9-6-8-30(20-29)40(42(35)53-23-31)54-26-46-44(17-4-5-18-44)19-7-10-37(36)47-43(45)48-38/h13,16,20,27,31,33,36-38,46,50-51H,4-5,8,11-12,14-15,17-19,21-26H2,1-3H3,(H3,45,47,48). The minimum atomic E-state index is -0.787. The number of phenols is 1. The number of methoxy groups -OCH3 is 1. The fraction of sp³-hybridized carbons (Fsp3) is 0.591. The molecule has 10 nitrogen and oxygen atoms in total. The number of aliphatic hydroxyl groups is 1. The molecule has 5 atom stereocenters. The molecule has 8 rings (SSSR count). The van der Waals surface area contributed by atoms with Crippen molar-refractivity contribution >= 4 is 33.3 Å². The summed E-state index contributed by atoms with van der Waals surface area (Å²) in [6.45, 7) is 5.16. The highest BCUT2D eigenvalue weighted by molar-refractivity contribution is 8.76. The van der Waals surface area contributed by atoms with Crippen LogP contribution in [0.5, 0.6) is 23.0 Å². The lowest BCUT2D eigenvalue weighted by Crippen LogP contribution is -2.49. The van der Waals surface area contributed by atoms with Gasteiger partial charge in [0, 0.05) is 65.7 Å². The molecule has 0 aromatic heterocycles. The van der Waals surface area contributed by atoms with E-state index in [9.17, 15) is 15.0 Å². The number of guanidine groups is 1. The normalized spacial score (nSPS) is 26.8. The summed E-state index contributed by atoms with van der Waals surface area (Å²) in [7, 11) is 5.25. The van der Waals surface area contributed by atoms with Gasteiger partial charge in [-0.15, -0.1) is 0 Å². The number of ketones is 1. The van der Waals surface area contributed by atoms with Gasteiger partial charge in [0.2, 0.25) is 0 Å². The molecule has 2 aromatic rings. The number of benzene rings is 2. The average Bonchev–Trinajstić information content (AvgIpc) is 3.64. The zero-order chi connectivity index (χ0) is 39.2. The summed E-state index contributed by atoms with van der Waals surface area (Å²) < 4.78 is 19.2. The molecular weight excluding hydrogens is 745 g/mol. The molecule has 0 saturated heterocycles. The van der Waals surface area contributed by atoms with Crippen LogP contribution in [0.15, 0.2) is 23.2 Å². The molecule has 5 unspecified atom stereocenters. The number of phenolic OH excluding ortho intramolecular Hbond substituents is 1. The predicted octanol–water partition coefficient (Wildman–Crippen LogP) is 5.70. The first-order valence-electron chi connectivity index (χ1n) is 20.2. The minimum Gasteiger partial charge on any atom is -0.504 e. The van der Waals surface area contributed by atoms with Crippen LogP contribution in [-0.2, 0) is 30.5 Å². The number of fused-ring (bicyclic) bond motifs is 7. The first-order valence-corrected chi connectivity index (χ1v) is 22.7. The number of carbonyl (C=O) groups excluding carboxylic acids is 1. The van der Waals surface area contributed by atoms with Crippen LogP contribution in [0.2, 0.25) is 0 Å². The monoisotopic (exact) mass is 800 g/mol. The highest BCUT2D eigenvalue weighted by Gasteiger charge is 2.38. The molecule has 4 heterocycles. The highest BCUT2D eigenvalue weighted by Crippen LogP contribution is 2.45. The van der Waals surface area contributed by atoms with Gasteiger partial charge in [-0.1, -0.05) is 84.1 Å². The van der Waals surface area contributed by atoms with Crippen molar-refractivity contribution in [2.75, 3.05) is 32.0 Å².